The number of benzene rings is 2. The summed E-state index contributed by atoms with van der Waals surface area (Å²) in [5, 5.41) is 5.86. The van der Waals surface area contributed by atoms with E-state index in [-0.39, 0.29) is 24.0 Å². The van der Waals surface area contributed by atoms with Crippen molar-refractivity contribution in [3.05, 3.63) is 48.0 Å². The second-order valence-electron chi connectivity index (χ2n) is 7.18. The number of fused-ring (bicyclic) bond motifs is 1. The van der Waals surface area contributed by atoms with E-state index in [2.05, 4.69) is 29.4 Å². The number of hydrogen-bond acceptors (Lipinski definition) is 5. The average Bonchev–Trinajstić information content (AvgIpc) is 2.67. The van der Waals surface area contributed by atoms with E-state index in [0.29, 0.717) is 17.0 Å². The van der Waals surface area contributed by atoms with Crippen LogP contribution in [-0.4, -0.2) is 42.9 Å². The molecular weight excluding hydrogens is 374 g/mol. The van der Waals surface area contributed by atoms with Crippen LogP contribution in [0.3, 0.4) is 0 Å². The molecule has 2 aliphatic heterocycles. The van der Waals surface area contributed by atoms with Gasteiger partial charge < -0.3 is 20.3 Å². The van der Waals surface area contributed by atoms with Gasteiger partial charge in [-0.05, 0) is 44.2 Å². The number of anilines is 3. The molecule has 2 N–H and O–H groups in total. The van der Waals surface area contributed by atoms with Gasteiger partial charge in [0.15, 0.2) is 0 Å². The predicted octanol–water partition coefficient (Wildman–Crippen LogP) is 3.60. The molecule has 0 spiro atoms. The number of nitrogens with one attached hydrogen (secondary N) is 2. The molecule has 2 amide bonds. The molecule has 2 atom stereocenters. The quantitative estimate of drug-likeness (QED) is 0.828. The number of ether oxygens (including phenoxy) is 1. The molecule has 146 valence electrons. The van der Waals surface area contributed by atoms with Gasteiger partial charge in [0.05, 0.1) is 35.0 Å². The maximum Gasteiger partial charge on any atom is 0.255 e. The first-order valence-corrected chi connectivity index (χ1v) is 10.4. The van der Waals surface area contributed by atoms with E-state index in [1.807, 2.05) is 30.3 Å². The van der Waals surface area contributed by atoms with E-state index in [1.54, 1.807) is 12.1 Å². The van der Waals surface area contributed by atoms with Gasteiger partial charge >= 0.3 is 0 Å². The fraction of sp³-hybridized carbons (Fsp3) is 0.333. The van der Waals surface area contributed by atoms with Crippen molar-refractivity contribution in [2.45, 2.75) is 31.0 Å². The van der Waals surface area contributed by atoms with Crippen LogP contribution in [0.1, 0.15) is 24.2 Å². The molecule has 0 aliphatic carbocycles. The second-order valence-corrected chi connectivity index (χ2v) is 8.20. The van der Waals surface area contributed by atoms with Gasteiger partial charge in [0.25, 0.3) is 5.91 Å². The van der Waals surface area contributed by atoms with Crippen molar-refractivity contribution < 1.29 is 14.3 Å². The molecule has 2 aromatic rings. The predicted molar refractivity (Wildman–Crippen MR) is 112 cm³/mol. The second kappa shape index (κ2) is 7.85. The zero-order valence-electron chi connectivity index (χ0n) is 15.9. The van der Waals surface area contributed by atoms with Crippen molar-refractivity contribution in [2.24, 2.45) is 0 Å². The van der Waals surface area contributed by atoms with Gasteiger partial charge in [0.1, 0.15) is 0 Å². The number of thioether (sulfide) groups is 1. The van der Waals surface area contributed by atoms with E-state index in [1.165, 1.54) is 11.8 Å². The molecule has 6 nitrogen and oxygen atoms in total. The van der Waals surface area contributed by atoms with E-state index >= 15 is 0 Å². The zero-order chi connectivity index (χ0) is 19.7. The van der Waals surface area contributed by atoms with E-state index in [9.17, 15) is 9.59 Å². The van der Waals surface area contributed by atoms with Crippen LogP contribution >= 0.6 is 11.8 Å². The molecule has 0 unspecified atom stereocenters. The molecular formula is C21H23N3O3S. The summed E-state index contributed by atoms with van der Waals surface area (Å²) in [5.74, 6) is 0.160. The Morgan fingerprint density at radius 1 is 1.18 bits per heavy atom. The summed E-state index contributed by atoms with van der Waals surface area (Å²) >= 11 is 1.48. The highest BCUT2D eigenvalue weighted by atomic mass is 32.2. The van der Waals surface area contributed by atoms with Gasteiger partial charge in [0.2, 0.25) is 5.91 Å². The minimum Gasteiger partial charge on any atom is -0.372 e. The third kappa shape index (κ3) is 4.00. The molecule has 0 radical (unpaired) electrons. The minimum atomic E-state index is -0.200. The summed E-state index contributed by atoms with van der Waals surface area (Å²) in [4.78, 5) is 27.7. The lowest BCUT2D eigenvalue weighted by Crippen LogP contribution is -2.45. The van der Waals surface area contributed by atoms with Crippen LogP contribution in [0.4, 0.5) is 17.1 Å². The van der Waals surface area contributed by atoms with Crippen molar-refractivity contribution in [2.75, 3.05) is 34.4 Å². The average molecular weight is 398 g/mol. The van der Waals surface area contributed by atoms with Crippen LogP contribution < -0.4 is 15.5 Å². The molecule has 2 aliphatic rings. The fourth-order valence-electron chi connectivity index (χ4n) is 3.65. The maximum atomic E-state index is 12.9. The standard InChI is InChI=1S/C21H23N3O3S/c1-13-10-24(11-14(2)27-13)18-6-4-3-5-16(18)23-21(26)15-7-8-19-17(9-15)22-20(25)12-28-19/h3-9,13-14H,10-12H2,1-2H3,(H,22,25)(H,23,26)/t13-,14-/m1/s1. The first kappa shape index (κ1) is 18.8. The van der Waals surface area contributed by atoms with Crippen molar-refractivity contribution in [1.82, 2.24) is 0 Å². The van der Waals surface area contributed by atoms with Gasteiger partial charge in [-0.1, -0.05) is 12.1 Å². The van der Waals surface area contributed by atoms with Crippen LogP contribution in [0.15, 0.2) is 47.4 Å². The third-order valence-corrected chi connectivity index (χ3v) is 5.86. The topological polar surface area (TPSA) is 70.7 Å². The number of hydrogen-bond donors (Lipinski definition) is 2. The Balaban J connectivity index is 1.56. The highest BCUT2D eigenvalue weighted by Crippen LogP contribution is 2.33. The fourth-order valence-corrected chi connectivity index (χ4v) is 4.44. The Labute approximate surface area is 168 Å². The lowest BCUT2D eigenvalue weighted by Gasteiger charge is -2.37. The minimum absolute atomic E-state index is 0.0454. The lowest BCUT2D eigenvalue weighted by molar-refractivity contribution is -0.113. The van der Waals surface area contributed by atoms with Gasteiger partial charge in [0, 0.05) is 23.5 Å². The van der Waals surface area contributed by atoms with Gasteiger partial charge in [-0.15, -0.1) is 11.8 Å². The molecule has 1 saturated heterocycles. The molecule has 1 fully saturated rings. The molecule has 7 heteroatoms. The van der Waals surface area contributed by atoms with E-state index in [0.717, 1.165) is 29.4 Å². The number of morpholine rings is 1. The monoisotopic (exact) mass is 397 g/mol. The van der Waals surface area contributed by atoms with Gasteiger partial charge in [-0.25, -0.2) is 0 Å². The van der Waals surface area contributed by atoms with Crippen molar-refractivity contribution in [3.8, 4) is 0 Å². The van der Waals surface area contributed by atoms with Crippen LogP contribution in [0.25, 0.3) is 0 Å². The molecule has 0 aromatic heterocycles. The van der Waals surface area contributed by atoms with Crippen molar-refractivity contribution in [3.63, 3.8) is 0 Å². The summed E-state index contributed by atoms with van der Waals surface area (Å²) < 4.78 is 5.82. The largest absolute Gasteiger partial charge is 0.372 e. The number of rotatable bonds is 3. The van der Waals surface area contributed by atoms with Crippen LogP contribution in [0.5, 0.6) is 0 Å². The normalized spacial score (nSPS) is 21.6. The van der Waals surface area contributed by atoms with Crippen molar-refractivity contribution in [1.29, 1.82) is 0 Å². The first-order valence-electron chi connectivity index (χ1n) is 9.37. The molecule has 2 heterocycles. The summed E-state index contributed by atoms with van der Waals surface area (Å²) in [6, 6.07) is 13.2. The van der Waals surface area contributed by atoms with Crippen LogP contribution in [0.2, 0.25) is 0 Å². The number of carbonyl (C=O) groups is 2. The Morgan fingerprint density at radius 2 is 1.93 bits per heavy atom. The Kier molecular flexibility index (Phi) is 5.28. The van der Waals surface area contributed by atoms with Crippen LogP contribution in [0, 0.1) is 0 Å². The Hall–Kier alpha value is -2.51. The van der Waals surface area contributed by atoms with E-state index in [4.69, 9.17) is 4.74 Å². The molecule has 4 rings (SSSR count). The number of carbonyl (C=O) groups excluding carboxylic acids is 2. The number of amides is 2. The summed E-state index contributed by atoms with van der Waals surface area (Å²) in [6.45, 7) is 5.67. The Morgan fingerprint density at radius 3 is 2.71 bits per heavy atom. The lowest BCUT2D eigenvalue weighted by atomic mass is 10.1. The molecule has 2 aromatic carbocycles. The molecule has 0 saturated carbocycles. The summed E-state index contributed by atoms with van der Waals surface area (Å²) in [7, 11) is 0. The SMILES string of the molecule is C[C@@H]1CN(c2ccccc2NC(=O)c2ccc3c(c2)NC(=O)CS3)C[C@@H](C)O1. The number of nitrogens with zero attached hydrogens (tertiary/aromatic N) is 1. The van der Waals surface area contributed by atoms with Crippen LogP contribution in [-0.2, 0) is 9.53 Å². The molecule has 28 heavy (non-hydrogen) atoms. The third-order valence-electron chi connectivity index (χ3n) is 4.79. The summed E-state index contributed by atoms with van der Waals surface area (Å²) in [6.07, 6.45) is 0.267. The van der Waals surface area contributed by atoms with E-state index < -0.39 is 0 Å². The number of para-hydroxylation sites is 2. The summed E-state index contributed by atoms with van der Waals surface area (Å²) in [5.41, 5.74) is 2.96. The van der Waals surface area contributed by atoms with Gasteiger partial charge in [-0.3, -0.25) is 9.59 Å². The van der Waals surface area contributed by atoms with Crippen molar-refractivity contribution >= 4 is 40.6 Å². The highest BCUT2D eigenvalue weighted by Gasteiger charge is 2.24. The van der Waals surface area contributed by atoms with Gasteiger partial charge in [-0.2, -0.15) is 0 Å². The zero-order valence-corrected chi connectivity index (χ0v) is 16.7. The highest BCUT2D eigenvalue weighted by molar-refractivity contribution is 8.00. The maximum absolute atomic E-state index is 12.9. The first-order chi connectivity index (χ1) is 13.5. The smallest absolute Gasteiger partial charge is 0.255 e. The molecule has 0 bridgehead atoms. The Bertz CT molecular complexity index is 908.